The van der Waals surface area contributed by atoms with Gasteiger partial charge in [0.25, 0.3) is 0 Å². The van der Waals surface area contributed by atoms with Crippen LogP contribution in [-0.2, 0) is 0 Å². The first-order valence-electron chi connectivity index (χ1n) is 6.79. The Balaban J connectivity index is 2.09. The third-order valence-electron chi connectivity index (χ3n) is 3.53. The van der Waals surface area contributed by atoms with Crippen molar-refractivity contribution in [3.8, 4) is 5.75 Å². The van der Waals surface area contributed by atoms with Crippen molar-refractivity contribution in [1.29, 1.82) is 0 Å². The number of fused-ring (bicyclic) bond motifs is 1. The predicted molar refractivity (Wildman–Crippen MR) is 81.7 cm³/mol. The number of nitrogens with one attached hydrogen (secondary N) is 1. The molecule has 0 saturated heterocycles. The van der Waals surface area contributed by atoms with E-state index in [1.54, 1.807) is 0 Å². The number of hydrogen-bond donors (Lipinski definition) is 1. The Bertz CT molecular complexity index is 542. The molecule has 2 aromatic carbocycles. The Morgan fingerprint density at radius 1 is 1.05 bits per heavy atom. The molecule has 19 heavy (non-hydrogen) atoms. The summed E-state index contributed by atoms with van der Waals surface area (Å²) in [5, 5.41) is 5.79. The lowest BCUT2D eigenvalue weighted by Crippen LogP contribution is -2.42. The van der Waals surface area contributed by atoms with Crippen LogP contribution < -0.4 is 10.1 Å². The molecule has 2 rings (SSSR count). The highest BCUT2D eigenvalue weighted by Gasteiger charge is 2.23. The molecule has 0 heterocycles. The maximum atomic E-state index is 5.93. The highest BCUT2D eigenvalue weighted by molar-refractivity contribution is 5.83. The standard InChI is InChI=1S/C17H23NO/c1-17(2,3)16(18-4)12-19-15-10-9-13-7-5-6-8-14(13)11-15/h5-11,16,18H,12H2,1-4H3. The zero-order valence-electron chi connectivity index (χ0n) is 12.2. The summed E-state index contributed by atoms with van der Waals surface area (Å²) in [4.78, 5) is 0. The highest BCUT2D eigenvalue weighted by atomic mass is 16.5. The zero-order valence-corrected chi connectivity index (χ0v) is 12.2. The van der Waals surface area contributed by atoms with Crippen LogP contribution in [0.1, 0.15) is 20.8 Å². The Morgan fingerprint density at radius 2 is 1.74 bits per heavy atom. The fourth-order valence-electron chi connectivity index (χ4n) is 2.20. The quantitative estimate of drug-likeness (QED) is 0.898. The Labute approximate surface area is 115 Å². The molecule has 0 amide bonds. The van der Waals surface area contributed by atoms with Crippen molar-refractivity contribution in [1.82, 2.24) is 5.32 Å². The Hall–Kier alpha value is -1.54. The molecule has 0 aliphatic rings. The van der Waals surface area contributed by atoms with Crippen LogP contribution in [0.25, 0.3) is 10.8 Å². The fourth-order valence-corrected chi connectivity index (χ4v) is 2.20. The molecule has 0 aromatic heterocycles. The number of benzene rings is 2. The molecule has 0 spiro atoms. The van der Waals surface area contributed by atoms with Crippen LogP contribution in [0, 0.1) is 5.41 Å². The van der Waals surface area contributed by atoms with Crippen LogP contribution in [0.15, 0.2) is 42.5 Å². The second kappa shape index (κ2) is 5.62. The van der Waals surface area contributed by atoms with Crippen LogP contribution in [-0.4, -0.2) is 19.7 Å². The average molecular weight is 257 g/mol. The van der Waals surface area contributed by atoms with E-state index in [1.807, 2.05) is 13.1 Å². The van der Waals surface area contributed by atoms with Gasteiger partial charge in [0.1, 0.15) is 12.4 Å². The lowest BCUT2D eigenvalue weighted by molar-refractivity contribution is 0.181. The third-order valence-corrected chi connectivity index (χ3v) is 3.53. The predicted octanol–water partition coefficient (Wildman–Crippen LogP) is 3.85. The summed E-state index contributed by atoms with van der Waals surface area (Å²) in [5.74, 6) is 0.934. The molecule has 0 aliphatic carbocycles. The molecule has 0 fully saturated rings. The van der Waals surface area contributed by atoms with E-state index < -0.39 is 0 Å². The van der Waals surface area contributed by atoms with Gasteiger partial charge < -0.3 is 10.1 Å². The molecule has 0 radical (unpaired) electrons. The first kappa shape index (κ1) is 13.9. The maximum absolute atomic E-state index is 5.93. The summed E-state index contributed by atoms with van der Waals surface area (Å²) < 4.78 is 5.93. The number of likely N-dealkylation sites (N-methyl/N-ethyl adjacent to an activating group) is 1. The van der Waals surface area contributed by atoms with E-state index in [0.717, 1.165) is 5.75 Å². The number of rotatable bonds is 4. The van der Waals surface area contributed by atoms with Crippen molar-refractivity contribution in [2.75, 3.05) is 13.7 Å². The van der Waals surface area contributed by atoms with Crippen LogP contribution in [0.5, 0.6) is 5.75 Å². The molecular weight excluding hydrogens is 234 g/mol. The van der Waals surface area contributed by atoms with E-state index in [2.05, 4.69) is 62.5 Å². The minimum absolute atomic E-state index is 0.186. The third kappa shape index (κ3) is 3.48. The lowest BCUT2D eigenvalue weighted by atomic mass is 9.87. The van der Waals surface area contributed by atoms with Gasteiger partial charge in [-0.1, -0.05) is 51.1 Å². The lowest BCUT2D eigenvalue weighted by Gasteiger charge is -2.30. The van der Waals surface area contributed by atoms with Gasteiger partial charge in [0.05, 0.1) is 0 Å². The molecule has 1 N–H and O–H groups in total. The van der Waals surface area contributed by atoms with Gasteiger partial charge >= 0.3 is 0 Å². The van der Waals surface area contributed by atoms with E-state index in [0.29, 0.717) is 12.6 Å². The van der Waals surface area contributed by atoms with Crippen molar-refractivity contribution < 1.29 is 4.74 Å². The molecular formula is C17H23NO. The molecule has 1 atom stereocenters. The fraction of sp³-hybridized carbons (Fsp3) is 0.412. The molecule has 0 saturated carbocycles. The normalized spacial score (nSPS) is 13.5. The van der Waals surface area contributed by atoms with Crippen molar-refractivity contribution in [2.24, 2.45) is 5.41 Å². The number of hydrogen-bond acceptors (Lipinski definition) is 2. The summed E-state index contributed by atoms with van der Waals surface area (Å²) in [6.45, 7) is 7.34. The molecule has 0 aliphatic heterocycles. The van der Waals surface area contributed by atoms with Gasteiger partial charge in [-0.05, 0) is 35.4 Å². The molecule has 2 aromatic rings. The van der Waals surface area contributed by atoms with Crippen LogP contribution in [0.4, 0.5) is 0 Å². The number of ether oxygens (including phenoxy) is 1. The van der Waals surface area contributed by atoms with Crippen molar-refractivity contribution >= 4 is 10.8 Å². The summed E-state index contributed by atoms with van der Waals surface area (Å²) in [5.41, 5.74) is 0.186. The average Bonchev–Trinajstić information content (AvgIpc) is 2.37. The van der Waals surface area contributed by atoms with Gasteiger partial charge in [-0.2, -0.15) is 0 Å². The first-order valence-corrected chi connectivity index (χ1v) is 6.79. The monoisotopic (exact) mass is 257 g/mol. The summed E-state index contributed by atoms with van der Waals surface area (Å²) in [6, 6.07) is 14.9. The summed E-state index contributed by atoms with van der Waals surface area (Å²) in [7, 11) is 1.99. The van der Waals surface area contributed by atoms with Crippen molar-refractivity contribution in [3.63, 3.8) is 0 Å². The second-order valence-electron chi connectivity index (χ2n) is 6.03. The van der Waals surface area contributed by atoms with Crippen LogP contribution in [0.3, 0.4) is 0 Å². The maximum Gasteiger partial charge on any atom is 0.120 e. The van der Waals surface area contributed by atoms with Crippen molar-refractivity contribution in [3.05, 3.63) is 42.5 Å². The van der Waals surface area contributed by atoms with Gasteiger partial charge in [-0.25, -0.2) is 0 Å². The molecule has 102 valence electrons. The summed E-state index contributed by atoms with van der Waals surface area (Å²) >= 11 is 0. The largest absolute Gasteiger partial charge is 0.492 e. The minimum atomic E-state index is 0.186. The highest BCUT2D eigenvalue weighted by Crippen LogP contribution is 2.23. The SMILES string of the molecule is CNC(COc1ccc2ccccc2c1)C(C)(C)C. The van der Waals surface area contributed by atoms with E-state index in [4.69, 9.17) is 4.74 Å². The first-order chi connectivity index (χ1) is 9.00. The van der Waals surface area contributed by atoms with Gasteiger partial charge in [-0.15, -0.1) is 0 Å². The molecule has 2 nitrogen and oxygen atoms in total. The van der Waals surface area contributed by atoms with Crippen LogP contribution in [0.2, 0.25) is 0 Å². The van der Waals surface area contributed by atoms with E-state index >= 15 is 0 Å². The second-order valence-corrected chi connectivity index (χ2v) is 6.03. The van der Waals surface area contributed by atoms with Gasteiger partial charge in [0.2, 0.25) is 0 Å². The Morgan fingerprint density at radius 3 is 2.37 bits per heavy atom. The zero-order chi connectivity index (χ0) is 13.9. The van der Waals surface area contributed by atoms with E-state index in [-0.39, 0.29) is 5.41 Å². The Kier molecular flexibility index (Phi) is 4.11. The molecule has 1 unspecified atom stereocenters. The van der Waals surface area contributed by atoms with Crippen LogP contribution >= 0.6 is 0 Å². The van der Waals surface area contributed by atoms with Gasteiger partial charge in [-0.3, -0.25) is 0 Å². The van der Waals surface area contributed by atoms with Gasteiger partial charge in [0, 0.05) is 6.04 Å². The molecule has 0 bridgehead atoms. The topological polar surface area (TPSA) is 21.3 Å². The van der Waals surface area contributed by atoms with E-state index in [1.165, 1.54) is 10.8 Å². The van der Waals surface area contributed by atoms with Crippen molar-refractivity contribution in [2.45, 2.75) is 26.8 Å². The summed E-state index contributed by atoms with van der Waals surface area (Å²) in [6.07, 6.45) is 0. The van der Waals surface area contributed by atoms with E-state index in [9.17, 15) is 0 Å². The van der Waals surface area contributed by atoms with Gasteiger partial charge in [0.15, 0.2) is 0 Å². The molecule has 2 heteroatoms. The smallest absolute Gasteiger partial charge is 0.120 e. The minimum Gasteiger partial charge on any atom is -0.492 e.